The second-order valence-electron chi connectivity index (χ2n) is 5.81. The number of phenols is 1. The van der Waals surface area contributed by atoms with Gasteiger partial charge in [-0.1, -0.05) is 31.2 Å². The van der Waals surface area contributed by atoms with E-state index in [9.17, 15) is 5.11 Å². The summed E-state index contributed by atoms with van der Waals surface area (Å²) in [6, 6.07) is 14.8. The van der Waals surface area contributed by atoms with E-state index in [-0.39, 0.29) is 0 Å². The van der Waals surface area contributed by atoms with E-state index >= 15 is 0 Å². The Morgan fingerprint density at radius 1 is 1.05 bits per heavy atom. The van der Waals surface area contributed by atoms with Crippen molar-refractivity contribution in [2.45, 2.75) is 38.6 Å². The fourth-order valence-electron chi connectivity index (χ4n) is 3.10. The molecule has 2 unspecified atom stereocenters. The first-order chi connectivity index (χ1) is 9.65. The van der Waals surface area contributed by atoms with Crippen molar-refractivity contribution < 1.29 is 5.11 Å². The average molecular weight is 267 g/mol. The number of nitrogens with one attached hydrogen (secondary N) is 1. The van der Waals surface area contributed by atoms with Crippen LogP contribution in [0.25, 0.3) is 0 Å². The van der Waals surface area contributed by atoms with E-state index in [4.69, 9.17) is 0 Å². The van der Waals surface area contributed by atoms with Gasteiger partial charge in [0.15, 0.2) is 0 Å². The lowest BCUT2D eigenvalue weighted by Crippen LogP contribution is -2.19. The summed E-state index contributed by atoms with van der Waals surface area (Å²) in [5.74, 6) is 0.999. The fraction of sp³-hybridized carbons (Fsp3) is 0.333. The van der Waals surface area contributed by atoms with Crippen molar-refractivity contribution in [2.24, 2.45) is 0 Å². The fourth-order valence-corrected chi connectivity index (χ4v) is 3.10. The van der Waals surface area contributed by atoms with Crippen molar-refractivity contribution in [2.75, 3.05) is 5.32 Å². The van der Waals surface area contributed by atoms with Gasteiger partial charge < -0.3 is 10.4 Å². The molecule has 0 aromatic heterocycles. The van der Waals surface area contributed by atoms with Gasteiger partial charge in [-0.3, -0.25) is 0 Å². The van der Waals surface area contributed by atoms with Crippen LogP contribution in [-0.4, -0.2) is 5.11 Å². The number of rotatable bonds is 2. The molecule has 2 aromatic carbocycles. The maximum absolute atomic E-state index is 9.61. The topological polar surface area (TPSA) is 32.3 Å². The first kappa shape index (κ1) is 13.0. The molecular weight excluding hydrogens is 246 g/mol. The van der Waals surface area contributed by atoms with Crippen molar-refractivity contribution in [3.05, 3.63) is 59.2 Å². The first-order valence-corrected chi connectivity index (χ1v) is 7.30. The second kappa shape index (κ2) is 5.20. The van der Waals surface area contributed by atoms with E-state index < -0.39 is 0 Å². The molecule has 2 aromatic rings. The minimum absolute atomic E-state index is 0.355. The molecule has 2 N–H and O–H groups in total. The van der Waals surface area contributed by atoms with Crippen LogP contribution in [0.4, 0.5) is 5.69 Å². The second-order valence-corrected chi connectivity index (χ2v) is 5.81. The molecule has 0 bridgehead atoms. The van der Waals surface area contributed by atoms with E-state index in [1.54, 1.807) is 6.07 Å². The zero-order valence-electron chi connectivity index (χ0n) is 12.1. The largest absolute Gasteiger partial charge is 0.508 e. The Kier molecular flexibility index (Phi) is 3.39. The normalized spacial score (nSPS) is 21.3. The maximum atomic E-state index is 9.61. The summed E-state index contributed by atoms with van der Waals surface area (Å²) in [6.45, 7) is 4.23. The van der Waals surface area contributed by atoms with Crippen molar-refractivity contribution in [1.82, 2.24) is 0 Å². The zero-order valence-corrected chi connectivity index (χ0v) is 12.1. The molecule has 2 nitrogen and oxygen atoms in total. The van der Waals surface area contributed by atoms with E-state index in [0.717, 1.165) is 17.7 Å². The molecule has 1 aliphatic rings. The van der Waals surface area contributed by atoms with Crippen LogP contribution < -0.4 is 5.32 Å². The Balaban J connectivity index is 1.88. The summed E-state index contributed by atoms with van der Waals surface area (Å²) in [5.41, 5.74) is 4.87. The van der Waals surface area contributed by atoms with Crippen molar-refractivity contribution in [3.8, 4) is 5.75 Å². The van der Waals surface area contributed by atoms with Gasteiger partial charge in [-0.15, -0.1) is 0 Å². The predicted molar refractivity (Wildman–Crippen MR) is 83.3 cm³/mol. The molecule has 104 valence electrons. The Bertz CT molecular complexity index is 621. The standard InChI is InChI=1S/C18H21NO/c1-12-7-9-17(16-6-4-3-5-15(12)16)19-14-8-10-18(20)13(2)11-14/h3-6,8,10-12,17,19-20H,7,9H2,1-2H3. The number of hydrogen-bond donors (Lipinski definition) is 2. The van der Waals surface area contributed by atoms with E-state index in [1.807, 2.05) is 19.1 Å². The molecule has 2 atom stereocenters. The highest BCUT2D eigenvalue weighted by atomic mass is 16.3. The Morgan fingerprint density at radius 3 is 2.55 bits per heavy atom. The van der Waals surface area contributed by atoms with Crippen molar-refractivity contribution in [3.63, 3.8) is 0 Å². The van der Waals surface area contributed by atoms with Crippen molar-refractivity contribution in [1.29, 1.82) is 0 Å². The van der Waals surface area contributed by atoms with Gasteiger partial charge in [-0.25, -0.2) is 0 Å². The Labute approximate surface area is 120 Å². The smallest absolute Gasteiger partial charge is 0.118 e. The molecule has 0 heterocycles. The Hall–Kier alpha value is -1.96. The summed E-state index contributed by atoms with van der Waals surface area (Å²) >= 11 is 0. The summed E-state index contributed by atoms with van der Waals surface area (Å²) in [5, 5.41) is 13.2. The minimum atomic E-state index is 0.355. The van der Waals surface area contributed by atoms with Gasteiger partial charge in [0.2, 0.25) is 0 Å². The van der Waals surface area contributed by atoms with Crippen LogP contribution in [0, 0.1) is 6.92 Å². The highest BCUT2D eigenvalue weighted by molar-refractivity contribution is 5.52. The molecule has 0 spiro atoms. The van der Waals surface area contributed by atoms with Crippen molar-refractivity contribution >= 4 is 5.69 Å². The molecule has 0 saturated heterocycles. The zero-order chi connectivity index (χ0) is 14.1. The van der Waals surface area contributed by atoms with E-state index in [0.29, 0.717) is 17.7 Å². The predicted octanol–water partition coefficient (Wildman–Crippen LogP) is 4.75. The summed E-state index contributed by atoms with van der Waals surface area (Å²) < 4.78 is 0. The lowest BCUT2D eigenvalue weighted by atomic mass is 9.81. The van der Waals surface area contributed by atoms with Crippen LogP contribution in [0.2, 0.25) is 0 Å². The highest BCUT2D eigenvalue weighted by Crippen LogP contribution is 2.39. The first-order valence-electron chi connectivity index (χ1n) is 7.30. The minimum Gasteiger partial charge on any atom is -0.508 e. The summed E-state index contributed by atoms with van der Waals surface area (Å²) in [4.78, 5) is 0. The van der Waals surface area contributed by atoms with Crippen LogP contribution >= 0.6 is 0 Å². The number of hydrogen-bond acceptors (Lipinski definition) is 2. The quantitative estimate of drug-likeness (QED) is 0.769. The van der Waals surface area contributed by atoms with Gasteiger partial charge >= 0.3 is 0 Å². The lowest BCUT2D eigenvalue weighted by molar-refractivity contribution is 0.471. The SMILES string of the molecule is Cc1cc(NC2CCC(C)c3ccccc32)ccc1O. The van der Waals surface area contributed by atoms with Crippen LogP contribution in [-0.2, 0) is 0 Å². The van der Waals surface area contributed by atoms with Gasteiger partial charge in [-0.2, -0.15) is 0 Å². The number of fused-ring (bicyclic) bond motifs is 1. The molecular formula is C18H21NO. The van der Waals surface area contributed by atoms with Gasteiger partial charge in [-0.05, 0) is 60.6 Å². The van der Waals surface area contributed by atoms with Crippen LogP contribution in [0.1, 0.15) is 48.4 Å². The van der Waals surface area contributed by atoms with Crippen LogP contribution in [0.5, 0.6) is 5.75 Å². The monoisotopic (exact) mass is 267 g/mol. The summed E-state index contributed by atoms with van der Waals surface area (Å²) in [6.07, 6.45) is 2.36. The molecule has 0 amide bonds. The number of anilines is 1. The van der Waals surface area contributed by atoms with E-state index in [1.165, 1.54) is 17.5 Å². The molecule has 0 aliphatic heterocycles. The Morgan fingerprint density at radius 2 is 1.80 bits per heavy atom. The van der Waals surface area contributed by atoms with Gasteiger partial charge in [0, 0.05) is 5.69 Å². The molecule has 0 radical (unpaired) electrons. The number of aromatic hydroxyl groups is 1. The maximum Gasteiger partial charge on any atom is 0.118 e. The van der Waals surface area contributed by atoms with Crippen LogP contribution in [0.3, 0.4) is 0 Å². The number of benzene rings is 2. The lowest BCUT2D eigenvalue weighted by Gasteiger charge is -2.31. The molecule has 0 fully saturated rings. The third-order valence-corrected chi connectivity index (χ3v) is 4.33. The number of aryl methyl sites for hydroxylation is 1. The average Bonchev–Trinajstić information content (AvgIpc) is 2.46. The highest BCUT2D eigenvalue weighted by Gasteiger charge is 2.24. The van der Waals surface area contributed by atoms with Crippen LogP contribution in [0.15, 0.2) is 42.5 Å². The summed E-state index contributed by atoms with van der Waals surface area (Å²) in [7, 11) is 0. The van der Waals surface area contributed by atoms with Gasteiger partial charge in [0.1, 0.15) is 5.75 Å². The number of phenolic OH excluding ortho intramolecular Hbond substituents is 1. The van der Waals surface area contributed by atoms with E-state index in [2.05, 4.69) is 36.5 Å². The third kappa shape index (κ3) is 2.38. The third-order valence-electron chi connectivity index (χ3n) is 4.33. The van der Waals surface area contributed by atoms with Gasteiger partial charge in [0.25, 0.3) is 0 Å². The molecule has 20 heavy (non-hydrogen) atoms. The molecule has 0 saturated carbocycles. The molecule has 3 rings (SSSR count). The molecule has 2 heteroatoms. The van der Waals surface area contributed by atoms with Gasteiger partial charge in [0.05, 0.1) is 6.04 Å². The molecule has 1 aliphatic carbocycles.